The van der Waals surface area contributed by atoms with E-state index < -0.39 is 0 Å². The van der Waals surface area contributed by atoms with E-state index in [1.165, 1.54) is 5.56 Å². The predicted molar refractivity (Wildman–Crippen MR) is 110 cm³/mol. The molecule has 1 aliphatic heterocycles. The number of aryl methyl sites for hydroxylation is 2. The Morgan fingerprint density at radius 1 is 1.07 bits per heavy atom. The van der Waals surface area contributed by atoms with Crippen LogP contribution >= 0.6 is 0 Å². The van der Waals surface area contributed by atoms with E-state index in [1.54, 1.807) is 7.11 Å². The van der Waals surface area contributed by atoms with Crippen molar-refractivity contribution in [3.8, 4) is 5.75 Å². The standard InChI is InChI=1S/C22H26N4O2/c1-16-4-9-20-19(14-16)23-21(24(20)2)15-25-10-12-26(13-11-25)22(27)17-5-7-18(28-3)8-6-17/h4-9,14H,10-13,15H2,1-3H3. The van der Waals surface area contributed by atoms with Gasteiger partial charge >= 0.3 is 0 Å². The van der Waals surface area contributed by atoms with Crippen molar-refractivity contribution in [1.82, 2.24) is 19.4 Å². The molecule has 4 rings (SSSR count). The lowest BCUT2D eigenvalue weighted by Gasteiger charge is -2.34. The first-order chi connectivity index (χ1) is 13.5. The largest absolute Gasteiger partial charge is 0.497 e. The maximum atomic E-state index is 12.7. The summed E-state index contributed by atoms with van der Waals surface area (Å²) in [6.45, 7) is 6.05. The van der Waals surface area contributed by atoms with Crippen LogP contribution in [0.5, 0.6) is 5.75 Å². The number of ether oxygens (including phenoxy) is 1. The molecule has 0 saturated carbocycles. The molecule has 2 heterocycles. The van der Waals surface area contributed by atoms with Crippen LogP contribution in [-0.4, -0.2) is 58.5 Å². The molecule has 0 aliphatic carbocycles. The fraction of sp³-hybridized carbons (Fsp3) is 0.364. The second kappa shape index (κ2) is 7.64. The van der Waals surface area contributed by atoms with Crippen molar-refractivity contribution >= 4 is 16.9 Å². The molecule has 2 aromatic carbocycles. The fourth-order valence-electron chi connectivity index (χ4n) is 3.73. The molecule has 0 bridgehead atoms. The molecule has 0 atom stereocenters. The van der Waals surface area contributed by atoms with Crippen molar-refractivity contribution in [2.75, 3.05) is 33.3 Å². The maximum Gasteiger partial charge on any atom is 0.253 e. The Morgan fingerprint density at radius 2 is 1.79 bits per heavy atom. The Balaban J connectivity index is 1.39. The zero-order valence-corrected chi connectivity index (χ0v) is 16.7. The van der Waals surface area contributed by atoms with Gasteiger partial charge in [0.05, 0.1) is 24.7 Å². The summed E-state index contributed by atoms with van der Waals surface area (Å²) < 4.78 is 7.33. The molecule has 0 spiro atoms. The van der Waals surface area contributed by atoms with Crippen LogP contribution in [0.3, 0.4) is 0 Å². The minimum absolute atomic E-state index is 0.0838. The normalized spacial score (nSPS) is 15.2. The van der Waals surface area contributed by atoms with E-state index >= 15 is 0 Å². The summed E-state index contributed by atoms with van der Waals surface area (Å²) in [5, 5.41) is 0. The van der Waals surface area contributed by atoms with Gasteiger partial charge in [-0.3, -0.25) is 9.69 Å². The van der Waals surface area contributed by atoms with Gasteiger partial charge in [-0.15, -0.1) is 0 Å². The lowest BCUT2D eigenvalue weighted by atomic mass is 10.1. The van der Waals surface area contributed by atoms with Crippen molar-refractivity contribution in [3.63, 3.8) is 0 Å². The van der Waals surface area contributed by atoms with Crippen molar-refractivity contribution in [3.05, 3.63) is 59.4 Å². The number of hydrogen-bond donors (Lipinski definition) is 0. The fourth-order valence-corrected chi connectivity index (χ4v) is 3.73. The third-order valence-electron chi connectivity index (χ3n) is 5.49. The number of imidazole rings is 1. The number of amides is 1. The second-order valence-corrected chi connectivity index (χ2v) is 7.38. The summed E-state index contributed by atoms with van der Waals surface area (Å²) >= 11 is 0. The third-order valence-corrected chi connectivity index (χ3v) is 5.49. The number of aromatic nitrogens is 2. The number of fused-ring (bicyclic) bond motifs is 1. The topological polar surface area (TPSA) is 50.6 Å². The zero-order valence-electron chi connectivity index (χ0n) is 16.7. The average Bonchev–Trinajstić information content (AvgIpc) is 3.02. The quantitative estimate of drug-likeness (QED) is 0.701. The molecular weight excluding hydrogens is 352 g/mol. The van der Waals surface area contributed by atoms with Crippen LogP contribution in [0.15, 0.2) is 42.5 Å². The third kappa shape index (κ3) is 3.60. The summed E-state index contributed by atoms with van der Waals surface area (Å²) in [4.78, 5) is 21.8. The summed E-state index contributed by atoms with van der Waals surface area (Å²) in [5.74, 6) is 1.91. The monoisotopic (exact) mass is 378 g/mol. The number of piperazine rings is 1. The zero-order chi connectivity index (χ0) is 19.7. The van der Waals surface area contributed by atoms with Crippen molar-refractivity contribution in [2.45, 2.75) is 13.5 Å². The molecule has 0 N–H and O–H groups in total. The molecule has 3 aromatic rings. The van der Waals surface area contributed by atoms with Gasteiger partial charge in [0, 0.05) is 38.8 Å². The predicted octanol–water partition coefficient (Wildman–Crippen LogP) is 2.85. The van der Waals surface area contributed by atoms with Crippen LogP contribution in [-0.2, 0) is 13.6 Å². The molecule has 0 unspecified atom stereocenters. The SMILES string of the molecule is COc1ccc(C(=O)N2CCN(Cc3nc4cc(C)ccc4n3C)CC2)cc1. The Bertz CT molecular complexity index is 986. The number of carbonyl (C=O) groups is 1. The van der Waals surface area contributed by atoms with Crippen molar-refractivity contribution in [2.24, 2.45) is 7.05 Å². The van der Waals surface area contributed by atoms with Gasteiger partial charge in [-0.25, -0.2) is 4.98 Å². The van der Waals surface area contributed by atoms with Gasteiger partial charge in [-0.05, 0) is 48.9 Å². The summed E-state index contributed by atoms with van der Waals surface area (Å²) in [5.41, 5.74) is 4.14. The highest BCUT2D eigenvalue weighted by Crippen LogP contribution is 2.19. The van der Waals surface area contributed by atoms with Crippen LogP contribution in [0, 0.1) is 6.92 Å². The molecule has 1 aliphatic rings. The molecule has 28 heavy (non-hydrogen) atoms. The van der Waals surface area contributed by atoms with Crippen molar-refractivity contribution < 1.29 is 9.53 Å². The van der Waals surface area contributed by atoms with E-state index in [2.05, 4.69) is 41.6 Å². The van der Waals surface area contributed by atoms with Gasteiger partial charge in [0.2, 0.25) is 0 Å². The lowest BCUT2D eigenvalue weighted by Crippen LogP contribution is -2.48. The maximum absolute atomic E-state index is 12.7. The van der Waals surface area contributed by atoms with Gasteiger partial charge in [0.1, 0.15) is 11.6 Å². The van der Waals surface area contributed by atoms with E-state index in [-0.39, 0.29) is 5.91 Å². The second-order valence-electron chi connectivity index (χ2n) is 7.38. The van der Waals surface area contributed by atoms with E-state index in [0.29, 0.717) is 5.56 Å². The number of benzene rings is 2. The number of rotatable bonds is 4. The van der Waals surface area contributed by atoms with E-state index in [4.69, 9.17) is 9.72 Å². The molecule has 1 amide bonds. The Hall–Kier alpha value is -2.86. The number of hydrogen-bond acceptors (Lipinski definition) is 4. The van der Waals surface area contributed by atoms with Crippen LogP contribution in [0.1, 0.15) is 21.7 Å². The van der Waals surface area contributed by atoms with E-state index in [0.717, 1.165) is 55.3 Å². The summed E-state index contributed by atoms with van der Waals surface area (Å²) in [6.07, 6.45) is 0. The summed E-state index contributed by atoms with van der Waals surface area (Å²) in [6, 6.07) is 13.7. The molecule has 0 radical (unpaired) electrons. The number of methoxy groups -OCH3 is 1. The molecular formula is C22H26N4O2. The van der Waals surface area contributed by atoms with E-state index in [9.17, 15) is 4.79 Å². The Labute approximate surface area is 165 Å². The first-order valence-corrected chi connectivity index (χ1v) is 9.63. The average molecular weight is 378 g/mol. The highest BCUT2D eigenvalue weighted by Gasteiger charge is 2.23. The van der Waals surface area contributed by atoms with Gasteiger partial charge < -0.3 is 14.2 Å². The van der Waals surface area contributed by atoms with Gasteiger partial charge in [-0.2, -0.15) is 0 Å². The molecule has 146 valence electrons. The number of carbonyl (C=O) groups excluding carboxylic acids is 1. The molecule has 1 fully saturated rings. The van der Waals surface area contributed by atoms with Crippen LogP contribution in [0.25, 0.3) is 11.0 Å². The number of nitrogens with zero attached hydrogens (tertiary/aromatic N) is 4. The highest BCUT2D eigenvalue weighted by molar-refractivity contribution is 5.94. The van der Waals surface area contributed by atoms with Gasteiger partial charge in [-0.1, -0.05) is 6.07 Å². The van der Waals surface area contributed by atoms with Crippen LogP contribution in [0.4, 0.5) is 0 Å². The van der Waals surface area contributed by atoms with Crippen LogP contribution < -0.4 is 4.74 Å². The first-order valence-electron chi connectivity index (χ1n) is 9.63. The Kier molecular flexibility index (Phi) is 5.05. The molecule has 1 saturated heterocycles. The van der Waals surface area contributed by atoms with Crippen molar-refractivity contribution in [1.29, 1.82) is 0 Å². The lowest BCUT2D eigenvalue weighted by molar-refractivity contribution is 0.0624. The minimum Gasteiger partial charge on any atom is -0.497 e. The van der Waals surface area contributed by atoms with Gasteiger partial charge in [0.15, 0.2) is 0 Å². The molecule has 6 heteroatoms. The molecule has 6 nitrogen and oxygen atoms in total. The highest BCUT2D eigenvalue weighted by atomic mass is 16.5. The molecule has 1 aromatic heterocycles. The van der Waals surface area contributed by atoms with E-state index in [1.807, 2.05) is 29.2 Å². The Morgan fingerprint density at radius 3 is 2.46 bits per heavy atom. The minimum atomic E-state index is 0.0838. The summed E-state index contributed by atoms with van der Waals surface area (Å²) in [7, 11) is 3.70. The first kappa shape index (κ1) is 18.5. The smallest absolute Gasteiger partial charge is 0.253 e. The van der Waals surface area contributed by atoms with Gasteiger partial charge in [0.25, 0.3) is 5.91 Å². The van der Waals surface area contributed by atoms with Crippen LogP contribution in [0.2, 0.25) is 0 Å².